The molecule has 0 saturated carbocycles. The second kappa shape index (κ2) is 3.37. The third-order valence-electron chi connectivity index (χ3n) is 1.67. The molecule has 1 atom stereocenters. The van der Waals surface area contributed by atoms with Crippen molar-refractivity contribution in [3.63, 3.8) is 0 Å². The minimum atomic E-state index is 0.320. The Morgan fingerprint density at radius 1 is 1.42 bits per heavy atom. The molecule has 1 fully saturated rings. The van der Waals surface area contributed by atoms with Gasteiger partial charge in [-0.2, -0.15) is 0 Å². The maximum atomic E-state index is 5.43. The van der Waals surface area contributed by atoms with Crippen molar-refractivity contribution in [1.82, 2.24) is 0 Å². The number of hydrogen-bond acceptors (Lipinski definition) is 3. The van der Waals surface area contributed by atoms with Crippen LogP contribution in [-0.2, 0) is 4.74 Å². The standard InChI is InChI=1S/C9H10O2S/c12-9-3-1-7(2-4-9)10-5-8-6-11-8/h1-4,8,12H,5-6H2. The molecule has 1 aromatic carbocycles. The largest absolute Gasteiger partial charge is 0.491 e. The van der Waals surface area contributed by atoms with Crippen LogP contribution in [0.25, 0.3) is 0 Å². The second-order valence-electron chi connectivity index (χ2n) is 2.76. The van der Waals surface area contributed by atoms with Gasteiger partial charge in [-0.05, 0) is 24.3 Å². The van der Waals surface area contributed by atoms with Crippen molar-refractivity contribution in [2.45, 2.75) is 11.0 Å². The fourth-order valence-electron chi connectivity index (χ4n) is 0.896. The smallest absolute Gasteiger partial charge is 0.119 e. The SMILES string of the molecule is Sc1ccc(OCC2CO2)cc1. The van der Waals surface area contributed by atoms with Crippen LogP contribution in [0.2, 0.25) is 0 Å². The molecule has 1 aromatic rings. The van der Waals surface area contributed by atoms with Gasteiger partial charge in [0.25, 0.3) is 0 Å². The van der Waals surface area contributed by atoms with Crippen molar-refractivity contribution in [3.05, 3.63) is 24.3 Å². The van der Waals surface area contributed by atoms with E-state index in [2.05, 4.69) is 12.6 Å². The van der Waals surface area contributed by atoms with Gasteiger partial charge in [0.05, 0.1) is 6.61 Å². The van der Waals surface area contributed by atoms with Crippen molar-refractivity contribution in [2.75, 3.05) is 13.2 Å². The Kier molecular flexibility index (Phi) is 2.23. The van der Waals surface area contributed by atoms with Crippen molar-refractivity contribution in [2.24, 2.45) is 0 Å². The Hall–Kier alpha value is -0.670. The number of epoxide rings is 1. The molecule has 64 valence electrons. The van der Waals surface area contributed by atoms with Gasteiger partial charge >= 0.3 is 0 Å². The summed E-state index contributed by atoms with van der Waals surface area (Å²) in [6, 6.07) is 7.63. The molecular formula is C9H10O2S. The fourth-order valence-corrected chi connectivity index (χ4v) is 1.04. The van der Waals surface area contributed by atoms with E-state index < -0.39 is 0 Å². The van der Waals surface area contributed by atoms with Crippen LogP contribution in [0, 0.1) is 0 Å². The highest BCUT2D eigenvalue weighted by Crippen LogP contribution is 2.16. The molecule has 0 aliphatic carbocycles. The van der Waals surface area contributed by atoms with Gasteiger partial charge in [-0.1, -0.05) is 0 Å². The minimum Gasteiger partial charge on any atom is -0.491 e. The first-order valence-corrected chi connectivity index (χ1v) is 4.33. The molecule has 0 aromatic heterocycles. The lowest BCUT2D eigenvalue weighted by Gasteiger charge is -2.02. The van der Waals surface area contributed by atoms with Crippen molar-refractivity contribution < 1.29 is 9.47 Å². The third-order valence-corrected chi connectivity index (χ3v) is 1.97. The quantitative estimate of drug-likeness (QED) is 0.568. The predicted molar refractivity (Wildman–Crippen MR) is 48.9 cm³/mol. The van der Waals surface area contributed by atoms with Crippen LogP contribution in [0.5, 0.6) is 5.75 Å². The highest BCUT2D eigenvalue weighted by molar-refractivity contribution is 7.80. The molecule has 2 nitrogen and oxygen atoms in total. The van der Waals surface area contributed by atoms with E-state index in [-0.39, 0.29) is 0 Å². The molecule has 0 spiro atoms. The van der Waals surface area contributed by atoms with E-state index in [0.717, 1.165) is 17.3 Å². The lowest BCUT2D eigenvalue weighted by atomic mass is 10.3. The van der Waals surface area contributed by atoms with Crippen molar-refractivity contribution in [1.29, 1.82) is 0 Å². The van der Waals surface area contributed by atoms with Gasteiger partial charge in [0.1, 0.15) is 18.5 Å². The summed E-state index contributed by atoms with van der Waals surface area (Å²) in [6.07, 6.45) is 0.320. The minimum absolute atomic E-state index is 0.320. The van der Waals surface area contributed by atoms with Gasteiger partial charge in [0, 0.05) is 4.90 Å². The molecule has 0 amide bonds. The molecule has 0 N–H and O–H groups in total. The summed E-state index contributed by atoms with van der Waals surface area (Å²) < 4.78 is 10.4. The Balaban J connectivity index is 1.89. The molecule has 2 rings (SSSR count). The van der Waals surface area contributed by atoms with Gasteiger partial charge in [0.2, 0.25) is 0 Å². The summed E-state index contributed by atoms with van der Waals surface area (Å²) in [5, 5.41) is 0. The molecule has 0 radical (unpaired) electrons. The molecule has 0 bridgehead atoms. The number of thiol groups is 1. The highest BCUT2D eigenvalue weighted by atomic mass is 32.1. The summed E-state index contributed by atoms with van der Waals surface area (Å²) >= 11 is 4.17. The average molecular weight is 182 g/mol. The zero-order valence-electron chi connectivity index (χ0n) is 6.56. The van der Waals surface area contributed by atoms with Crippen LogP contribution in [0.4, 0.5) is 0 Å². The Labute approximate surface area is 76.9 Å². The zero-order chi connectivity index (χ0) is 8.39. The Morgan fingerprint density at radius 3 is 2.67 bits per heavy atom. The molecule has 1 aliphatic rings. The first kappa shape index (κ1) is 7.95. The normalized spacial score (nSPS) is 20.6. The lowest BCUT2D eigenvalue weighted by Crippen LogP contribution is -2.03. The van der Waals surface area contributed by atoms with E-state index in [0.29, 0.717) is 12.7 Å². The number of ether oxygens (including phenoxy) is 2. The van der Waals surface area contributed by atoms with E-state index in [1.807, 2.05) is 24.3 Å². The Bertz CT molecular complexity index is 254. The molecule has 1 heterocycles. The van der Waals surface area contributed by atoms with Crippen LogP contribution in [0.3, 0.4) is 0 Å². The molecular weight excluding hydrogens is 172 g/mol. The topological polar surface area (TPSA) is 21.8 Å². The van der Waals surface area contributed by atoms with E-state index >= 15 is 0 Å². The summed E-state index contributed by atoms with van der Waals surface area (Å²) in [5.74, 6) is 0.878. The first-order chi connectivity index (χ1) is 5.84. The number of hydrogen-bond donors (Lipinski definition) is 1. The summed E-state index contributed by atoms with van der Waals surface area (Å²) in [7, 11) is 0. The molecule has 3 heteroatoms. The Morgan fingerprint density at radius 2 is 2.08 bits per heavy atom. The van der Waals surface area contributed by atoms with E-state index in [4.69, 9.17) is 9.47 Å². The summed E-state index contributed by atoms with van der Waals surface area (Å²) in [5.41, 5.74) is 0. The van der Waals surface area contributed by atoms with Gasteiger partial charge < -0.3 is 9.47 Å². The van der Waals surface area contributed by atoms with E-state index in [1.54, 1.807) is 0 Å². The first-order valence-electron chi connectivity index (χ1n) is 3.88. The van der Waals surface area contributed by atoms with Crippen LogP contribution in [-0.4, -0.2) is 19.3 Å². The average Bonchev–Trinajstić information content (AvgIpc) is 2.87. The van der Waals surface area contributed by atoms with Gasteiger partial charge in [-0.3, -0.25) is 0 Å². The van der Waals surface area contributed by atoms with Crippen LogP contribution < -0.4 is 4.74 Å². The molecule has 1 unspecified atom stereocenters. The third kappa shape index (κ3) is 2.16. The fraction of sp³-hybridized carbons (Fsp3) is 0.333. The highest BCUT2D eigenvalue weighted by Gasteiger charge is 2.22. The van der Waals surface area contributed by atoms with Gasteiger partial charge in [-0.15, -0.1) is 12.6 Å². The van der Waals surface area contributed by atoms with Crippen LogP contribution >= 0.6 is 12.6 Å². The maximum absolute atomic E-state index is 5.43. The summed E-state index contributed by atoms with van der Waals surface area (Å²) in [4.78, 5) is 0.949. The predicted octanol–water partition coefficient (Wildman–Crippen LogP) is 1.75. The lowest BCUT2D eigenvalue weighted by molar-refractivity contribution is 0.263. The summed E-state index contributed by atoms with van der Waals surface area (Å²) in [6.45, 7) is 1.50. The van der Waals surface area contributed by atoms with Crippen LogP contribution in [0.1, 0.15) is 0 Å². The molecule has 1 aliphatic heterocycles. The van der Waals surface area contributed by atoms with Gasteiger partial charge in [-0.25, -0.2) is 0 Å². The van der Waals surface area contributed by atoms with E-state index in [1.165, 1.54) is 0 Å². The van der Waals surface area contributed by atoms with E-state index in [9.17, 15) is 0 Å². The number of rotatable bonds is 3. The zero-order valence-corrected chi connectivity index (χ0v) is 7.46. The maximum Gasteiger partial charge on any atom is 0.119 e. The monoisotopic (exact) mass is 182 g/mol. The molecule has 12 heavy (non-hydrogen) atoms. The van der Waals surface area contributed by atoms with Crippen molar-refractivity contribution in [3.8, 4) is 5.75 Å². The molecule has 1 saturated heterocycles. The van der Waals surface area contributed by atoms with Crippen LogP contribution in [0.15, 0.2) is 29.2 Å². The second-order valence-corrected chi connectivity index (χ2v) is 3.28. The number of benzene rings is 1. The van der Waals surface area contributed by atoms with Gasteiger partial charge in [0.15, 0.2) is 0 Å². The van der Waals surface area contributed by atoms with Crippen molar-refractivity contribution >= 4 is 12.6 Å².